The van der Waals surface area contributed by atoms with E-state index in [0.29, 0.717) is 24.5 Å². The van der Waals surface area contributed by atoms with Crippen LogP contribution in [0.1, 0.15) is 51.8 Å². The van der Waals surface area contributed by atoms with E-state index in [4.69, 9.17) is 4.74 Å². The number of ether oxygens (including phenoxy) is 1. The van der Waals surface area contributed by atoms with Gasteiger partial charge in [0.2, 0.25) is 11.8 Å². The van der Waals surface area contributed by atoms with E-state index in [1.807, 2.05) is 20.8 Å². The summed E-state index contributed by atoms with van der Waals surface area (Å²) in [7, 11) is 1.52. The van der Waals surface area contributed by atoms with E-state index in [2.05, 4.69) is 20.7 Å². The highest BCUT2D eigenvalue weighted by Crippen LogP contribution is 2.36. The summed E-state index contributed by atoms with van der Waals surface area (Å²) < 4.78 is 5.06. The van der Waals surface area contributed by atoms with E-state index in [1.54, 1.807) is 11.1 Å². The van der Waals surface area contributed by atoms with Crippen molar-refractivity contribution >= 4 is 11.8 Å². The summed E-state index contributed by atoms with van der Waals surface area (Å²) in [4.78, 5) is 36.2. The predicted octanol–water partition coefficient (Wildman–Crippen LogP) is 0.999. The van der Waals surface area contributed by atoms with E-state index in [0.717, 1.165) is 12.8 Å². The van der Waals surface area contributed by atoms with Crippen molar-refractivity contribution in [2.24, 2.45) is 5.41 Å². The third kappa shape index (κ3) is 3.91. The molecule has 162 valence electrons. The molecule has 3 aliphatic rings. The van der Waals surface area contributed by atoms with Crippen LogP contribution in [0, 0.1) is 5.41 Å². The van der Waals surface area contributed by atoms with Gasteiger partial charge in [0.15, 0.2) is 5.57 Å². The van der Waals surface area contributed by atoms with Gasteiger partial charge in [0.1, 0.15) is 6.17 Å². The molecule has 1 aromatic heterocycles. The molecule has 1 aromatic rings. The third-order valence-electron chi connectivity index (χ3n) is 5.33. The molecule has 0 radical (unpaired) electrons. The first-order valence-electron chi connectivity index (χ1n) is 10.1. The Hall–Kier alpha value is -2.88. The fourth-order valence-electron chi connectivity index (χ4n) is 3.76. The molecule has 1 saturated heterocycles. The number of hydrogen-bond acceptors (Lipinski definition) is 8. The first kappa shape index (κ1) is 20.4. The van der Waals surface area contributed by atoms with Crippen LogP contribution in [0.2, 0.25) is 0 Å². The average molecular weight is 416 g/mol. The lowest BCUT2D eigenvalue weighted by Crippen LogP contribution is -2.58. The molecule has 3 N–H and O–H groups in total. The van der Waals surface area contributed by atoms with E-state index >= 15 is 0 Å². The second-order valence-corrected chi connectivity index (χ2v) is 9.19. The van der Waals surface area contributed by atoms with Crippen molar-refractivity contribution in [2.45, 2.75) is 58.3 Å². The van der Waals surface area contributed by atoms with E-state index in [-0.39, 0.29) is 29.0 Å². The molecule has 10 heteroatoms. The monoisotopic (exact) mass is 416 g/mol. The van der Waals surface area contributed by atoms with Crippen LogP contribution in [0.25, 0.3) is 0 Å². The minimum atomic E-state index is -0.537. The van der Waals surface area contributed by atoms with Gasteiger partial charge in [-0.25, -0.2) is 15.4 Å². The molecule has 2 unspecified atom stereocenters. The number of hydrazine groups is 1. The molecule has 30 heavy (non-hydrogen) atoms. The van der Waals surface area contributed by atoms with Crippen molar-refractivity contribution in [1.29, 1.82) is 0 Å². The molecule has 10 nitrogen and oxygen atoms in total. The maximum Gasteiger partial charge on any atom is 0.280 e. The van der Waals surface area contributed by atoms with Crippen molar-refractivity contribution in [3.05, 3.63) is 29.5 Å². The molecular formula is C20H28N6O4. The number of aliphatic hydroxyl groups is 1. The van der Waals surface area contributed by atoms with Gasteiger partial charge in [0.05, 0.1) is 31.2 Å². The number of rotatable bonds is 5. The number of fused-ring (bicyclic) bond motifs is 1. The third-order valence-corrected chi connectivity index (χ3v) is 5.33. The van der Waals surface area contributed by atoms with Gasteiger partial charge in [-0.15, -0.1) is 0 Å². The van der Waals surface area contributed by atoms with E-state index < -0.39 is 18.0 Å². The molecule has 2 amide bonds. The SMILES string of the molecule is COc1cnc(C2CC3N(CC(C)(C)C)C(O)=C(C(=O)NC4CC4)C(=O)N3N2)cn1. The number of aromatic nitrogens is 2. The maximum absolute atomic E-state index is 13.2. The number of nitrogens with one attached hydrogen (secondary N) is 2. The summed E-state index contributed by atoms with van der Waals surface area (Å²) in [5.41, 5.74) is 3.41. The van der Waals surface area contributed by atoms with Crippen molar-refractivity contribution in [2.75, 3.05) is 13.7 Å². The lowest BCUT2D eigenvalue weighted by Gasteiger charge is -2.42. The quantitative estimate of drug-likeness (QED) is 0.608. The molecule has 3 heterocycles. The topological polar surface area (TPSA) is 120 Å². The van der Waals surface area contributed by atoms with Crippen LogP contribution in [-0.4, -0.2) is 62.7 Å². The van der Waals surface area contributed by atoms with Gasteiger partial charge in [-0.2, -0.15) is 0 Å². The molecule has 1 saturated carbocycles. The summed E-state index contributed by atoms with van der Waals surface area (Å²) >= 11 is 0. The molecule has 2 atom stereocenters. The van der Waals surface area contributed by atoms with Crippen LogP contribution in [0.3, 0.4) is 0 Å². The maximum atomic E-state index is 13.2. The predicted molar refractivity (Wildman–Crippen MR) is 107 cm³/mol. The summed E-state index contributed by atoms with van der Waals surface area (Å²) in [6, 6.07) is -0.216. The van der Waals surface area contributed by atoms with Crippen LogP contribution in [-0.2, 0) is 9.59 Å². The van der Waals surface area contributed by atoms with Gasteiger partial charge in [-0.1, -0.05) is 20.8 Å². The lowest BCUT2D eigenvalue weighted by molar-refractivity contribution is -0.142. The Labute approximate surface area is 175 Å². The minimum Gasteiger partial charge on any atom is -0.494 e. The van der Waals surface area contributed by atoms with Gasteiger partial charge in [-0.3, -0.25) is 14.6 Å². The number of hydrogen-bond donors (Lipinski definition) is 3. The molecule has 0 spiro atoms. The van der Waals surface area contributed by atoms with Crippen molar-refractivity contribution in [3.8, 4) is 5.88 Å². The lowest BCUT2D eigenvalue weighted by atomic mass is 9.94. The molecule has 2 aliphatic heterocycles. The number of amides is 2. The highest BCUT2D eigenvalue weighted by Gasteiger charge is 2.49. The smallest absolute Gasteiger partial charge is 0.280 e. The first-order valence-corrected chi connectivity index (χ1v) is 10.1. The summed E-state index contributed by atoms with van der Waals surface area (Å²) in [6.45, 7) is 6.59. The average Bonchev–Trinajstić information content (AvgIpc) is 3.38. The molecule has 4 rings (SSSR count). The van der Waals surface area contributed by atoms with Gasteiger partial charge in [-0.05, 0) is 18.3 Å². The highest BCUT2D eigenvalue weighted by molar-refractivity contribution is 6.19. The Balaban J connectivity index is 1.64. The highest BCUT2D eigenvalue weighted by atomic mass is 16.5. The van der Waals surface area contributed by atoms with Crippen molar-refractivity contribution < 1.29 is 19.4 Å². The van der Waals surface area contributed by atoms with Gasteiger partial charge in [0, 0.05) is 19.0 Å². The molecule has 2 fully saturated rings. The standard InChI is InChI=1S/C20H28N6O4/c1-20(2,3)10-25-15-7-12(13-8-22-14(30-4)9-21-13)24-26(15)19(29)16(18(25)28)17(27)23-11-5-6-11/h8-9,11-12,15,24,28H,5-7,10H2,1-4H3,(H,23,27). The second-order valence-electron chi connectivity index (χ2n) is 9.19. The zero-order valence-electron chi connectivity index (χ0n) is 17.7. The number of methoxy groups -OCH3 is 1. The Morgan fingerprint density at radius 3 is 2.63 bits per heavy atom. The van der Waals surface area contributed by atoms with Crippen LogP contribution in [0.5, 0.6) is 5.88 Å². The number of carbonyl (C=O) groups excluding carboxylic acids is 2. The van der Waals surface area contributed by atoms with E-state index in [1.165, 1.54) is 18.3 Å². The van der Waals surface area contributed by atoms with Crippen molar-refractivity contribution in [1.82, 2.24) is 30.6 Å². The second kappa shape index (κ2) is 7.42. The van der Waals surface area contributed by atoms with Crippen LogP contribution < -0.4 is 15.5 Å². The summed E-state index contributed by atoms with van der Waals surface area (Å²) in [6.07, 6.45) is 4.95. The zero-order chi connectivity index (χ0) is 21.6. The summed E-state index contributed by atoms with van der Waals surface area (Å²) in [5.74, 6) is -0.938. The molecule has 0 aromatic carbocycles. The van der Waals surface area contributed by atoms with Gasteiger partial charge < -0.3 is 20.1 Å². The molecule has 0 bridgehead atoms. The Morgan fingerprint density at radius 2 is 2.07 bits per heavy atom. The Bertz CT molecular complexity index is 874. The number of carbonyl (C=O) groups is 2. The zero-order valence-corrected chi connectivity index (χ0v) is 17.7. The largest absolute Gasteiger partial charge is 0.494 e. The molecule has 1 aliphatic carbocycles. The fraction of sp³-hybridized carbons (Fsp3) is 0.600. The van der Waals surface area contributed by atoms with Crippen LogP contribution in [0.15, 0.2) is 23.8 Å². The minimum absolute atomic E-state index is 0.0771. The van der Waals surface area contributed by atoms with Crippen LogP contribution >= 0.6 is 0 Å². The Kier molecular flexibility index (Phi) is 5.05. The van der Waals surface area contributed by atoms with E-state index in [9.17, 15) is 14.7 Å². The Morgan fingerprint density at radius 1 is 1.33 bits per heavy atom. The normalized spacial score (nSPS) is 24.2. The van der Waals surface area contributed by atoms with Gasteiger partial charge in [0.25, 0.3) is 11.8 Å². The first-order chi connectivity index (χ1) is 14.2. The summed E-state index contributed by atoms with van der Waals surface area (Å²) in [5, 5.41) is 15.2. The number of aliphatic hydroxyl groups excluding tert-OH is 1. The fourth-order valence-corrected chi connectivity index (χ4v) is 3.76. The molecular weight excluding hydrogens is 388 g/mol. The number of nitrogens with zero attached hydrogens (tertiary/aromatic N) is 4. The van der Waals surface area contributed by atoms with Gasteiger partial charge >= 0.3 is 0 Å². The van der Waals surface area contributed by atoms with Crippen molar-refractivity contribution in [3.63, 3.8) is 0 Å². The van der Waals surface area contributed by atoms with Crippen LogP contribution in [0.4, 0.5) is 0 Å².